The Hall–Kier alpha value is -2.00. The van der Waals surface area contributed by atoms with Crippen LogP contribution in [0.3, 0.4) is 0 Å². The molecule has 0 radical (unpaired) electrons. The molecule has 1 aromatic heterocycles. The zero-order chi connectivity index (χ0) is 17.3. The van der Waals surface area contributed by atoms with Crippen LogP contribution in [0.2, 0.25) is 0 Å². The Bertz CT molecular complexity index is 878. The summed E-state index contributed by atoms with van der Waals surface area (Å²) in [6.07, 6.45) is 0.580. The second-order valence-electron chi connectivity index (χ2n) is 5.18. The molecule has 128 valence electrons. The molecule has 9 heteroatoms. The van der Waals surface area contributed by atoms with Gasteiger partial charge in [0.1, 0.15) is 5.75 Å². The van der Waals surface area contributed by atoms with Gasteiger partial charge >= 0.3 is 0 Å². The quantitative estimate of drug-likeness (QED) is 0.830. The van der Waals surface area contributed by atoms with Gasteiger partial charge in [-0.3, -0.25) is 9.10 Å². The van der Waals surface area contributed by atoms with Gasteiger partial charge in [-0.1, -0.05) is 0 Å². The van der Waals surface area contributed by atoms with E-state index in [2.05, 4.69) is 21.2 Å². The maximum atomic E-state index is 12.2. The van der Waals surface area contributed by atoms with Gasteiger partial charge in [-0.15, -0.1) is 0 Å². The number of methoxy groups -OCH3 is 1. The van der Waals surface area contributed by atoms with Crippen molar-refractivity contribution in [3.8, 4) is 5.75 Å². The largest absolute Gasteiger partial charge is 0.495 e. The Morgan fingerprint density at radius 3 is 2.71 bits per heavy atom. The molecule has 1 fully saturated rings. The number of nitrogens with zero attached hydrogens (tertiary/aromatic N) is 1. The predicted molar refractivity (Wildman–Crippen MR) is 93.1 cm³/mol. The number of halogens is 1. The van der Waals surface area contributed by atoms with E-state index in [1.807, 2.05) is 0 Å². The van der Waals surface area contributed by atoms with E-state index in [9.17, 15) is 13.2 Å². The highest BCUT2D eigenvalue weighted by molar-refractivity contribution is 9.10. The molecule has 2 aromatic rings. The van der Waals surface area contributed by atoms with Crippen molar-refractivity contribution in [2.75, 3.05) is 29.0 Å². The van der Waals surface area contributed by atoms with Gasteiger partial charge in [-0.05, 0) is 52.7 Å². The fourth-order valence-corrected chi connectivity index (χ4v) is 4.36. The predicted octanol–water partition coefficient (Wildman–Crippen LogP) is 2.84. The molecule has 2 heterocycles. The molecule has 1 amide bonds. The summed E-state index contributed by atoms with van der Waals surface area (Å²) in [4.78, 5) is 12.2. The Labute approximate surface area is 147 Å². The van der Waals surface area contributed by atoms with Crippen LogP contribution in [0.15, 0.2) is 39.4 Å². The zero-order valence-corrected chi connectivity index (χ0v) is 15.2. The second-order valence-corrected chi connectivity index (χ2v) is 7.98. The lowest BCUT2D eigenvalue weighted by Gasteiger charge is -2.19. The minimum absolute atomic E-state index is 0.126. The molecule has 3 rings (SSSR count). The highest BCUT2D eigenvalue weighted by Crippen LogP contribution is 2.33. The van der Waals surface area contributed by atoms with Gasteiger partial charge in [0.15, 0.2) is 10.4 Å². The van der Waals surface area contributed by atoms with Crippen molar-refractivity contribution in [2.45, 2.75) is 6.42 Å². The van der Waals surface area contributed by atoms with Gasteiger partial charge in [0.05, 0.1) is 24.2 Å². The van der Waals surface area contributed by atoms with Crippen LogP contribution in [0.5, 0.6) is 5.75 Å². The van der Waals surface area contributed by atoms with Crippen LogP contribution in [0, 0.1) is 0 Å². The normalized spacial score (nSPS) is 16.2. The molecule has 1 aromatic carbocycles. The van der Waals surface area contributed by atoms with Crippen molar-refractivity contribution in [3.05, 3.63) is 40.8 Å². The maximum absolute atomic E-state index is 12.2. The van der Waals surface area contributed by atoms with Crippen LogP contribution in [0.25, 0.3) is 0 Å². The summed E-state index contributed by atoms with van der Waals surface area (Å²) in [7, 11) is -1.83. The highest BCUT2D eigenvalue weighted by Gasteiger charge is 2.29. The van der Waals surface area contributed by atoms with Crippen LogP contribution in [-0.4, -0.2) is 33.7 Å². The van der Waals surface area contributed by atoms with E-state index in [4.69, 9.17) is 9.15 Å². The average Bonchev–Trinajstić information content (AvgIpc) is 3.12. The Morgan fingerprint density at radius 2 is 2.12 bits per heavy atom. The number of sulfonamides is 1. The van der Waals surface area contributed by atoms with Gasteiger partial charge in [0.2, 0.25) is 10.0 Å². The monoisotopic (exact) mass is 414 g/mol. The van der Waals surface area contributed by atoms with Gasteiger partial charge < -0.3 is 14.5 Å². The molecule has 0 unspecified atom stereocenters. The summed E-state index contributed by atoms with van der Waals surface area (Å²) in [5, 5.41) is 2.68. The topological polar surface area (TPSA) is 88.9 Å². The summed E-state index contributed by atoms with van der Waals surface area (Å²) in [6, 6.07) is 8.00. The Kier molecular flexibility index (Phi) is 4.55. The van der Waals surface area contributed by atoms with E-state index in [0.29, 0.717) is 34.8 Å². The molecule has 0 saturated carbocycles. The molecule has 1 N–H and O–H groups in total. The fourth-order valence-electron chi connectivity index (χ4n) is 2.50. The first-order valence-corrected chi connectivity index (χ1v) is 9.56. The van der Waals surface area contributed by atoms with Crippen molar-refractivity contribution in [3.63, 3.8) is 0 Å². The van der Waals surface area contributed by atoms with Crippen molar-refractivity contribution in [1.82, 2.24) is 0 Å². The molecule has 0 atom stereocenters. The van der Waals surface area contributed by atoms with Crippen LogP contribution in [-0.2, 0) is 10.0 Å². The number of nitrogens with one attached hydrogen (secondary N) is 1. The van der Waals surface area contributed by atoms with E-state index < -0.39 is 15.9 Å². The molecule has 0 bridgehead atoms. The van der Waals surface area contributed by atoms with Crippen molar-refractivity contribution >= 4 is 43.2 Å². The summed E-state index contributed by atoms with van der Waals surface area (Å²) < 4.78 is 36.3. The van der Waals surface area contributed by atoms with Crippen LogP contribution < -0.4 is 14.4 Å². The number of rotatable bonds is 4. The zero-order valence-electron chi connectivity index (χ0n) is 12.8. The lowest BCUT2D eigenvalue weighted by molar-refractivity contribution is 0.0995. The van der Waals surface area contributed by atoms with Crippen LogP contribution >= 0.6 is 15.9 Å². The third-order valence-electron chi connectivity index (χ3n) is 3.62. The van der Waals surface area contributed by atoms with E-state index >= 15 is 0 Å². The smallest absolute Gasteiger partial charge is 0.291 e. The van der Waals surface area contributed by atoms with Crippen molar-refractivity contribution in [1.29, 1.82) is 0 Å². The number of hydrogen-bond acceptors (Lipinski definition) is 5. The fraction of sp³-hybridized carbons (Fsp3) is 0.267. The van der Waals surface area contributed by atoms with Crippen molar-refractivity contribution in [2.24, 2.45) is 0 Å². The molecule has 0 spiro atoms. The number of carbonyl (C=O) groups excluding carboxylic acids is 1. The number of carbonyl (C=O) groups is 1. The second kappa shape index (κ2) is 6.48. The highest BCUT2D eigenvalue weighted by atomic mass is 79.9. The summed E-state index contributed by atoms with van der Waals surface area (Å²) >= 11 is 3.14. The first-order chi connectivity index (χ1) is 11.4. The standard InChI is InChI=1S/C15H15BrN2O5S/c1-22-12-4-3-10(18-7-2-8-24(18,20)21)9-11(12)17-15(19)13-5-6-14(16)23-13/h3-6,9H,2,7-8H2,1H3,(H,17,19). The van der Waals surface area contributed by atoms with Crippen LogP contribution in [0.1, 0.15) is 17.0 Å². The first-order valence-electron chi connectivity index (χ1n) is 7.16. The molecule has 7 nitrogen and oxygen atoms in total. The van der Waals surface area contributed by atoms with Gasteiger partial charge in [0, 0.05) is 6.54 Å². The third kappa shape index (κ3) is 3.27. The maximum Gasteiger partial charge on any atom is 0.291 e. The minimum Gasteiger partial charge on any atom is -0.495 e. The van der Waals surface area contributed by atoms with Crippen molar-refractivity contribution < 1.29 is 22.4 Å². The molecular weight excluding hydrogens is 400 g/mol. The van der Waals surface area contributed by atoms with Gasteiger partial charge in [-0.2, -0.15) is 0 Å². The lowest BCUT2D eigenvalue weighted by atomic mass is 10.2. The molecule has 0 aliphatic carbocycles. The van der Waals surface area contributed by atoms with E-state index in [1.54, 1.807) is 24.3 Å². The summed E-state index contributed by atoms with van der Waals surface area (Å²) in [5.41, 5.74) is 0.860. The molecule has 24 heavy (non-hydrogen) atoms. The van der Waals surface area contributed by atoms with E-state index in [1.165, 1.54) is 17.5 Å². The SMILES string of the molecule is COc1ccc(N2CCCS2(=O)=O)cc1NC(=O)c1ccc(Br)o1. The number of anilines is 2. The van der Waals surface area contributed by atoms with E-state index in [0.717, 1.165) is 0 Å². The molecule has 1 saturated heterocycles. The average molecular weight is 415 g/mol. The molecular formula is C15H15BrN2O5S. The number of benzene rings is 1. The summed E-state index contributed by atoms with van der Waals surface area (Å²) in [5.74, 6) is 0.221. The number of hydrogen-bond donors (Lipinski definition) is 1. The van der Waals surface area contributed by atoms with Crippen LogP contribution in [0.4, 0.5) is 11.4 Å². The molecule has 1 aliphatic heterocycles. The lowest BCUT2D eigenvalue weighted by Crippen LogP contribution is -2.25. The summed E-state index contributed by atoms with van der Waals surface area (Å²) in [6.45, 7) is 0.424. The van der Waals surface area contributed by atoms with Gasteiger partial charge in [-0.25, -0.2) is 8.42 Å². The number of amides is 1. The van der Waals surface area contributed by atoms with E-state index in [-0.39, 0.29) is 11.5 Å². The Balaban J connectivity index is 1.91. The first kappa shape index (κ1) is 16.8. The number of ether oxygens (including phenoxy) is 1. The van der Waals surface area contributed by atoms with Gasteiger partial charge in [0.25, 0.3) is 5.91 Å². The molecule has 1 aliphatic rings. The third-order valence-corrected chi connectivity index (χ3v) is 5.91. The minimum atomic E-state index is -3.30. The Morgan fingerprint density at radius 1 is 1.33 bits per heavy atom. The number of furan rings is 1.